The van der Waals surface area contributed by atoms with E-state index in [2.05, 4.69) is 20.2 Å². The molecule has 2 aromatic rings. The molecule has 0 aliphatic heterocycles. The van der Waals surface area contributed by atoms with Crippen molar-refractivity contribution in [2.24, 2.45) is 5.41 Å². The molecule has 2 rings (SSSR count). The smallest absolute Gasteiger partial charge is 0.270 e. The summed E-state index contributed by atoms with van der Waals surface area (Å²) in [5.74, 6) is -0.254. The number of benzene rings is 1. The van der Waals surface area contributed by atoms with Crippen LogP contribution in [0.1, 0.15) is 31.9 Å². The highest BCUT2D eigenvalue weighted by Crippen LogP contribution is 2.23. The van der Waals surface area contributed by atoms with E-state index in [1.165, 1.54) is 0 Å². The van der Waals surface area contributed by atoms with E-state index in [0.717, 1.165) is 22.5 Å². The maximum atomic E-state index is 12.3. The molecule has 1 aromatic heterocycles. The van der Waals surface area contributed by atoms with Crippen molar-refractivity contribution in [3.63, 3.8) is 0 Å². The average molecular weight is 368 g/mol. The lowest BCUT2D eigenvalue weighted by Gasteiger charge is -2.15. The van der Waals surface area contributed by atoms with Gasteiger partial charge < -0.3 is 5.32 Å². The number of nitrogens with zero attached hydrogens (tertiary/aromatic N) is 2. The molecule has 1 aromatic carbocycles. The number of sulfonamides is 1. The molecule has 24 heavy (non-hydrogen) atoms. The summed E-state index contributed by atoms with van der Waals surface area (Å²) in [6.45, 7) is 7.38. The number of nitrogens with one attached hydrogen (secondary N) is 2. The Morgan fingerprint density at radius 2 is 1.79 bits per heavy atom. The quantitative estimate of drug-likeness (QED) is 0.789. The number of aryl methyl sites for hydroxylation is 1. The van der Waals surface area contributed by atoms with Gasteiger partial charge in [-0.3, -0.25) is 4.79 Å². The molecule has 0 fully saturated rings. The number of hydrogen-bond acceptors (Lipinski definition) is 6. The Morgan fingerprint density at radius 3 is 2.38 bits per heavy atom. The molecule has 0 unspecified atom stereocenters. The van der Waals surface area contributed by atoms with Crippen molar-refractivity contribution in [1.82, 2.24) is 14.9 Å². The van der Waals surface area contributed by atoms with Gasteiger partial charge in [0.2, 0.25) is 15.4 Å². The largest absolute Gasteiger partial charge is 0.300 e. The first-order chi connectivity index (χ1) is 11.1. The van der Waals surface area contributed by atoms with Crippen LogP contribution < -0.4 is 10.0 Å². The third-order valence-electron chi connectivity index (χ3n) is 3.12. The number of aromatic nitrogens is 2. The predicted octanol–water partition coefficient (Wildman–Crippen LogP) is 2.31. The van der Waals surface area contributed by atoms with Crippen molar-refractivity contribution in [3.05, 3.63) is 35.4 Å². The minimum Gasteiger partial charge on any atom is -0.300 e. The summed E-state index contributed by atoms with van der Waals surface area (Å²) in [7, 11) is -3.78. The Kier molecular flexibility index (Phi) is 5.36. The molecule has 0 aliphatic carbocycles. The van der Waals surface area contributed by atoms with Crippen LogP contribution in [0.5, 0.6) is 0 Å². The molecule has 0 aliphatic rings. The average Bonchev–Trinajstić information content (AvgIpc) is 2.95. The van der Waals surface area contributed by atoms with Crippen LogP contribution >= 0.6 is 11.3 Å². The van der Waals surface area contributed by atoms with Crippen LogP contribution in [0.2, 0.25) is 0 Å². The topological polar surface area (TPSA) is 101 Å². The number of anilines is 1. The van der Waals surface area contributed by atoms with Gasteiger partial charge in [-0.05, 0) is 12.5 Å². The Morgan fingerprint density at radius 1 is 1.17 bits per heavy atom. The standard InChI is InChI=1S/C15H20N4O3S2/c1-10-5-7-11(8-6-10)9-16-24(21,22)14-19-18-13(23-14)17-12(20)15(2,3)4/h5-8,16H,9H2,1-4H3,(H,17,18,20). The number of carbonyl (C=O) groups excluding carboxylic acids is 1. The zero-order valence-corrected chi connectivity index (χ0v) is 15.6. The van der Waals surface area contributed by atoms with Crippen LogP contribution in [0.25, 0.3) is 0 Å². The van der Waals surface area contributed by atoms with Gasteiger partial charge in [0, 0.05) is 12.0 Å². The van der Waals surface area contributed by atoms with Crippen molar-refractivity contribution in [1.29, 1.82) is 0 Å². The molecule has 7 nitrogen and oxygen atoms in total. The molecule has 130 valence electrons. The molecular formula is C15H20N4O3S2. The first-order valence-corrected chi connectivity index (χ1v) is 9.58. The van der Waals surface area contributed by atoms with Gasteiger partial charge in [-0.25, -0.2) is 13.1 Å². The van der Waals surface area contributed by atoms with E-state index in [9.17, 15) is 13.2 Å². The molecular weight excluding hydrogens is 348 g/mol. The third kappa shape index (κ3) is 4.83. The highest BCUT2D eigenvalue weighted by atomic mass is 32.2. The second-order valence-corrected chi connectivity index (χ2v) is 9.31. The zero-order valence-electron chi connectivity index (χ0n) is 14.0. The van der Waals surface area contributed by atoms with Crippen molar-refractivity contribution >= 4 is 32.4 Å². The molecule has 1 amide bonds. The highest BCUT2D eigenvalue weighted by molar-refractivity contribution is 7.91. The van der Waals surface area contributed by atoms with Crippen LogP contribution in [0.4, 0.5) is 5.13 Å². The van der Waals surface area contributed by atoms with Crippen molar-refractivity contribution < 1.29 is 13.2 Å². The Labute approximate surface area is 145 Å². The monoisotopic (exact) mass is 368 g/mol. The SMILES string of the molecule is Cc1ccc(CNS(=O)(=O)c2nnc(NC(=O)C(C)(C)C)s2)cc1. The Hall–Kier alpha value is -1.84. The van der Waals surface area contributed by atoms with Gasteiger partial charge in [-0.15, -0.1) is 10.2 Å². The lowest BCUT2D eigenvalue weighted by atomic mass is 9.96. The number of carbonyl (C=O) groups is 1. The molecule has 0 saturated heterocycles. The van der Waals surface area contributed by atoms with Gasteiger partial charge in [0.1, 0.15) is 0 Å². The molecule has 1 heterocycles. The molecule has 0 spiro atoms. The van der Waals surface area contributed by atoms with Gasteiger partial charge in [0.15, 0.2) is 0 Å². The summed E-state index contributed by atoms with van der Waals surface area (Å²) in [5.41, 5.74) is 1.34. The minimum atomic E-state index is -3.78. The lowest BCUT2D eigenvalue weighted by Crippen LogP contribution is -2.27. The molecule has 9 heteroatoms. The van der Waals surface area contributed by atoms with E-state index in [4.69, 9.17) is 0 Å². The van der Waals surface area contributed by atoms with E-state index in [1.54, 1.807) is 20.8 Å². The van der Waals surface area contributed by atoms with Crippen molar-refractivity contribution in [2.75, 3.05) is 5.32 Å². The first kappa shape index (κ1) is 18.5. The second kappa shape index (κ2) is 6.96. The van der Waals surface area contributed by atoms with Gasteiger partial charge in [-0.2, -0.15) is 0 Å². The summed E-state index contributed by atoms with van der Waals surface area (Å²) in [5, 5.41) is 10.1. The van der Waals surface area contributed by atoms with Crippen LogP contribution in [-0.4, -0.2) is 24.5 Å². The van der Waals surface area contributed by atoms with E-state index in [1.807, 2.05) is 31.2 Å². The second-order valence-electron chi connectivity index (χ2n) is 6.39. The van der Waals surface area contributed by atoms with Crippen LogP contribution in [0, 0.1) is 12.3 Å². The van der Waals surface area contributed by atoms with Gasteiger partial charge >= 0.3 is 0 Å². The third-order valence-corrected chi connectivity index (χ3v) is 5.73. The zero-order chi connectivity index (χ0) is 18.0. The number of rotatable bonds is 5. The predicted molar refractivity (Wildman–Crippen MR) is 93.2 cm³/mol. The van der Waals surface area contributed by atoms with Gasteiger partial charge in [0.05, 0.1) is 0 Å². The highest BCUT2D eigenvalue weighted by Gasteiger charge is 2.25. The van der Waals surface area contributed by atoms with Crippen LogP contribution in [-0.2, 0) is 21.4 Å². The van der Waals surface area contributed by atoms with E-state index < -0.39 is 15.4 Å². The molecule has 0 atom stereocenters. The summed E-state index contributed by atoms with van der Waals surface area (Å²) in [6, 6.07) is 7.53. The first-order valence-electron chi connectivity index (χ1n) is 7.28. The van der Waals surface area contributed by atoms with E-state index in [0.29, 0.717) is 0 Å². The molecule has 0 radical (unpaired) electrons. The summed E-state index contributed by atoms with van der Waals surface area (Å²) in [4.78, 5) is 11.9. The van der Waals surface area contributed by atoms with Crippen LogP contribution in [0.3, 0.4) is 0 Å². The number of hydrogen-bond donors (Lipinski definition) is 2. The molecule has 2 N–H and O–H groups in total. The van der Waals surface area contributed by atoms with E-state index in [-0.39, 0.29) is 21.9 Å². The van der Waals surface area contributed by atoms with Gasteiger partial charge in [0.25, 0.3) is 10.0 Å². The van der Waals surface area contributed by atoms with Crippen LogP contribution in [0.15, 0.2) is 28.6 Å². The number of amides is 1. The lowest BCUT2D eigenvalue weighted by molar-refractivity contribution is -0.123. The summed E-state index contributed by atoms with van der Waals surface area (Å²) < 4.78 is 26.8. The maximum absolute atomic E-state index is 12.3. The summed E-state index contributed by atoms with van der Waals surface area (Å²) in [6.07, 6.45) is 0. The fourth-order valence-electron chi connectivity index (χ4n) is 1.60. The fraction of sp³-hybridized carbons (Fsp3) is 0.400. The Bertz CT molecular complexity index is 821. The van der Waals surface area contributed by atoms with Crippen molar-refractivity contribution in [3.8, 4) is 0 Å². The maximum Gasteiger partial charge on any atom is 0.270 e. The minimum absolute atomic E-state index is 0.158. The molecule has 0 saturated carbocycles. The Balaban J connectivity index is 2.04. The van der Waals surface area contributed by atoms with Gasteiger partial charge in [-0.1, -0.05) is 61.9 Å². The summed E-state index contributed by atoms with van der Waals surface area (Å²) >= 11 is 0.817. The fourth-order valence-corrected chi connectivity index (χ4v) is 3.55. The van der Waals surface area contributed by atoms with Crippen molar-refractivity contribution in [2.45, 2.75) is 38.6 Å². The van der Waals surface area contributed by atoms with E-state index >= 15 is 0 Å². The normalized spacial score (nSPS) is 12.2. The molecule has 0 bridgehead atoms.